The van der Waals surface area contributed by atoms with Crippen LogP contribution < -0.4 is 0 Å². The van der Waals surface area contributed by atoms with Crippen LogP contribution in [0.3, 0.4) is 0 Å². The highest BCUT2D eigenvalue weighted by atomic mass is 13.9. The van der Waals surface area contributed by atoms with Crippen LogP contribution in [0.25, 0.3) is 0 Å². The molecule has 0 bridgehead atoms. The molecule has 0 saturated carbocycles. The molecule has 0 nitrogen and oxygen atoms in total. The fourth-order valence-electron chi connectivity index (χ4n) is 0.727. The highest BCUT2D eigenvalue weighted by molar-refractivity contribution is 5.08. The van der Waals surface area contributed by atoms with Crippen LogP contribution in [-0.2, 0) is 0 Å². The Bertz CT molecular complexity index is 70.1. The lowest BCUT2D eigenvalue weighted by Crippen LogP contribution is -1.74. The molecule has 0 aliphatic rings. The zero-order valence-corrected chi connectivity index (χ0v) is 6.07. The minimum atomic E-state index is 1.16. The predicted octanol–water partition coefficient (Wildman–Crippen LogP) is 2.96. The molecule has 8 heavy (non-hydrogen) atoms. The summed E-state index contributed by atoms with van der Waals surface area (Å²) < 4.78 is 0. The number of hydrogen-bond acceptors (Lipinski definition) is 0. The Labute approximate surface area is 52.6 Å². The molecule has 0 aromatic carbocycles. The zero-order chi connectivity index (χ0) is 6.41. The van der Waals surface area contributed by atoms with Gasteiger partial charge in [-0.3, -0.25) is 0 Å². The number of hydrogen-bond donors (Lipinski definition) is 0. The molecule has 47 valence electrons. The lowest BCUT2D eigenvalue weighted by molar-refractivity contribution is 1.08. The maximum Gasteiger partial charge on any atom is -0.0143 e. The van der Waals surface area contributed by atoms with Crippen molar-refractivity contribution in [3.63, 3.8) is 0 Å². The molecule has 0 fully saturated rings. The number of allylic oxidation sites excluding steroid dienone is 2. The molecule has 0 aliphatic carbocycles. The Morgan fingerprint density at radius 2 is 1.88 bits per heavy atom. The molecule has 0 aromatic heterocycles. The first-order valence-corrected chi connectivity index (χ1v) is 3.31. The van der Waals surface area contributed by atoms with Gasteiger partial charge in [0.1, 0.15) is 0 Å². The second-order valence-corrected chi connectivity index (χ2v) is 1.97. The summed E-state index contributed by atoms with van der Waals surface area (Å²) in [6.07, 6.45) is 6.79. The van der Waals surface area contributed by atoms with Crippen molar-refractivity contribution in [2.75, 3.05) is 0 Å². The molecule has 0 spiro atoms. The van der Waals surface area contributed by atoms with E-state index in [4.69, 9.17) is 0 Å². The van der Waals surface area contributed by atoms with Crippen molar-refractivity contribution in [2.24, 2.45) is 0 Å². The average Bonchev–Trinajstić information content (AvgIpc) is 1.68. The Hall–Kier alpha value is -0.260. The Balaban J connectivity index is 3.29. The van der Waals surface area contributed by atoms with Crippen LogP contribution in [0, 0.1) is 6.42 Å². The van der Waals surface area contributed by atoms with Crippen LogP contribution in [-0.4, -0.2) is 0 Å². The van der Waals surface area contributed by atoms with Crippen LogP contribution in [0.15, 0.2) is 11.6 Å². The third-order valence-electron chi connectivity index (χ3n) is 1.05. The van der Waals surface area contributed by atoms with E-state index >= 15 is 0 Å². The molecule has 0 aliphatic heterocycles. The van der Waals surface area contributed by atoms with E-state index in [0.29, 0.717) is 0 Å². The summed E-state index contributed by atoms with van der Waals surface area (Å²) in [5, 5.41) is 0. The van der Waals surface area contributed by atoms with Crippen molar-refractivity contribution < 1.29 is 0 Å². The van der Waals surface area contributed by atoms with Crippen molar-refractivity contribution in [3.8, 4) is 0 Å². The van der Waals surface area contributed by atoms with Crippen molar-refractivity contribution in [1.29, 1.82) is 0 Å². The predicted molar refractivity (Wildman–Crippen MR) is 38.6 cm³/mol. The topological polar surface area (TPSA) is 0 Å². The molecular weight excluding hydrogens is 96.1 g/mol. The molecule has 0 saturated heterocycles. The third kappa shape index (κ3) is 3.91. The standard InChI is InChI=1S/C8H15/c1-4-6-8(3)7-5-2/h6-7H,4-5H2,1-3H3. The van der Waals surface area contributed by atoms with Crippen molar-refractivity contribution >= 4 is 0 Å². The first-order chi connectivity index (χ1) is 3.81. The Morgan fingerprint density at radius 1 is 1.25 bits per heavy atom. The van der Waals surface area contributed by atoms with E-state index in [2.05, 4.69) is 33.3 Å². The summed E-state index contributed by atoms with van der Waals surface area (Å²) in [7, 11) is 0. The normalized spacial score (nSPS) is 12.1. The van der Waals surface area contributed by atoms with Gasteiger partial charge in [0, 0.05) is 0 Å². The van der Waals surface area contributed by atoms with Gasteiger partial charge in [-0.1, -0.05) is 25.5 Å². The zero-order valence-electron chi connectivity index (χ0n) is 6.07. The highest BCUT2D eigenvalue weighted by Gasteiger charge is 1.82. The Kier molecular flexibility index (Phi) is 4.73. The molecule has 1 radical (unpaired) electrons. The average molecular weight is 111 g/mol. The summed E-state index contributed by atoms with van der Waals surface area (Å²) >= 11 is 0. The second kappa shape index (κ2) is 4.89. The fraction of sp³-hybridized carbons (Fsp3) is 0.625. The van der Waals surface area contributed by atoms with Gasteiger partial charge in [0.15, 0.2) is 0 Å². The van der Waals surface area contributed by atoms with Gasteiger partial charge >= 0.3 is 0 Å². The third-order valence-corrected chi connectivity index (χ3v) is 1.05. The fourth-order valence-corrected chi connectivity index (χ4v) is 0.727. The van der Waals surface area contributed by atoms with Gasteiger partial charge in [0.2, 0.25) is 0 Å². The van der Waals surface area contributed by atoms with Crippen molar-refractivity contribution in [1.82, 2.24) is 0 Å². The van der Waals surface area contributed by atoms with E-state index in [9.17, 15) is 0 Å². The SMILES string of the molecule is CC[CH]C(C)=CCC. The molecule has 0 heterocycles. The van der Waals surface area contributed by atoms with Gasteiger partial charge in [-0.15, -0.1) is 0 Å². The smallest absolute Gasteiger partial charge is 0.0143 e. The largest absolute Gasteiger partial charge is 0.0856 e. The molecule has 0 heteroatoms. The molecular formula is C8H15. The van der Waals surface area contributed by atoms with Gasteiger partial charge in [-0.2, -0.15) is 0 Å². The van der Waals surface area contributed by atoms with Crippen LogP contribution in [0.5, 0.6) is 0 Å². The molecule has 0 N–H and O–H groups in total. The first-order valence-electron chi connectivity index (χ1n) is 3.31. The quantitative estimate of drug-likeness (QED) is 0.525. The van der Waals surface area contributed by atoms with E-state index < -0.39 is 0 Å². The molecule has 0 amide bonds. The summed E-state index contributed by atoms with van der Waals surface area (Å²) in [4.78, 5) is 0. The summed E-state index contributed by atoms with van der Waals surface area (Å²) in [5.41, 5.74) is 1.41. The maximum absolute atomic E-state index is 2.24. The summed E-state index contributed by atoms with van der Waals surface area (Å²) in [6.45, 7) is 6.47. The van der Waals surface area contributed by atoms with Crippen molar-refractivity contribution in [2.45, 2.75) is 33.6 Å². The molecule has 0 aromatic rings. The lowest BCUT2D eigenvalue weighted by Gasteiger charge is -1.92. The first kappa shape index (κ1) is 7.74. The van der Waals surface area contributed by atoms with Gasteiger partial charge in [0.25, 0.3) is 0 Å². The van der Waals surface area contributed by atoms with Crippen LogP contribution in [0.1, 0.15) is 33.6 Å². The maximum atomic E-state index is 2.24. The Morgan fingerprint density at radius 3 is 2.25 bits per heavy atom. The van der Waals surface area contributed by atoms with E-state index in [-0.39, 0.29) is 0 Å². The monoisotopic (exact) mass is 111 g/mol. The molecule has 0 atom stereocenters. The molecule has 0 unspecified atom stereocenters. The lowest BCUT2D eigenvalue weighted by atomic mass is 10.1. The minimum absolute atomic E-state index is 1.16. The van der Waals surface area contributed by atoms with E-state index in [0.717, 1.165) is 12.8 Å². The van der Waals surface area contributed by atoms with Gasteiger partial charge in [-0.05, 0) is 26.2 Å². The van der Waals surface area contributed by atoms with E-state index in [1.165, 1.54) is 5.57 Å². The van der Waals surface area contributed by atoms with Crippen molar-refractivity contribution in [3.05, 3.63) is 18.1 Å². The highest BCUT2D eigenvalue weighted by Crippen LogP contribution is 2.01. The van der Waals surface area contributed by atoms with Gasteiger partial charge in [-0.25, -0.2) is 0 Å². The summed E-state index contributed by atoms with van der Waals surface area (Å²) in [5.74, 6) is 0. The molecule has 0 rings (SSSR count). The van der Waals surface area contributed by atoms with E-state index in [1.807, 2.05) is 0 Å². The summed E-state index contributed by atoms with van der Waals surface area (Å²) in [6, 6.07) is 0. The van der Waals surface area contributed by atoms with Gasteiger partial charge in [0.05, 0.1) is 0 Å². The number of rotatable bonds is 3. The van der Waals surface area contributed by atoms with Crippen LogP contribution >= 0.6 is 0 Å². The van der Waals surface area contributed by atoms with Crippen LogP contribution in [0.2, 0.25) is 0 Å². The minimum Gasteiger partial charge on any atom is -0.0856 e. The van der Waals surface area contributed by atoms with Gasteiger partial charge < -0.3 is 0 Å². The van der Waals surface area contributed by atoms with E-state index in [1.54, 1.807) is 0 Å². The second-order valence-electron chi connectivity index (χ2n) is 1.97. The van der Waals surface area contributed by atoms with Crippen LogP contribution in [0.4, 0.5) is 0 Å².